The van der Waals surface area contributed by atoms with Crippen molar-refractivity contribution in [3.05, 3.63) is 54.1 Å². The van der Waals surface area contributed by atoms with Crippen LogP contribution in [0, 0.1) is 0 Å². The minimum Gasteiger partial charge on any atom is -0.166 e. The van der Waals surface area contributed by atoms with E-state index in [0.717, 1.165) is 6.07 Å². The van der Waals surface area contributed by atoms with Gasteiger partial charge in [-0.1, -0.05) is 30.3 Å². The molecule has 0 nitrogen and oxygen atoms in total. The second-order valence-corrected chi connectivity index (χ2v) is 4.11. The Bertz CT molecular complexity index is 532. The van der Waals surface area contributed by atoms with E-state index in [1.165, 1.54) is 12.1 Å². The molecule has 0 aliphatic heterocycles. The number of alkyl halides is 3. The molecule has 4 heteroatoms. The van der Waals surface area contributed by atoms with E-state index in [9.17, 15) is 13.2 Å². The Morgan fingerprint density at radius 2 is 1.59 bits per heavy atom. The van der Waals surface area contributed by atoms with Crippen LogP contribution in [0.4, 0.5) is 13.2 Å². The Labute approximate surface area is 103 Å². The van der Waals surface area contributed by atoms with Gasteiger partial charge in [0, 0.05) is 4.90 Å². The molecule has 88 valence electrons. The second kappa shape index (κ2) is 4.45. The molecule has 0 atom stereocenters. The highest BCUT2D eigenvalue weighted by Crippen LogP contribution is 2.37. The number of rotatable bonds is 1. The van der Waals surface area contributed by atoms with Gasteiger partial charge < -0.3 is 0 Å². The van der Waals surface area contributed by atoms with Crippen molar-refractivity contribution in [2.75, 3.05) is 0 Å². The second-order valence-electron chi connectivity index (χ2n) is 3.59. The summed E-state index contributed by atoms with van der Waals surface area (Å²) < 4.78 is 38.4. The first-order valence-electron chi connectivity index (χ1n) is 4.94. The van der Waals surface area contributed by atoms with Gasteiger partial charge in [-0.2, -0.15) is 13.2 Å². The quantitative estimate of drug-likeness (QED) is 0.703. The van der Waals surface area contributed by atoms with Gasteiger partial charge in [-0.3, -0.25) is 0 Å². The lowest BCUT2D eigenvalue weighted by atomic mass is 9.99. The van der Waals surface area contributed by atoms with Crippen molar-refractivity contribution in [3.63, 3.8) is 0 Å². The number of hydrogen-bond acceptors (Lipinski definition) is 1. The molecule has 0 aliphatic rings. The minimum atomic E-state index is -4.34. The maximum absolute atomic E-state index is 12.8. The van der Waals surface area contributed by atoms with Crippen molar-refractivity contribution in [1.82, 2.24) is 0 Å². The van der Waals surface area contributed by atoms with Gasteiger partial charge in [-0.25, -0.2) is 0 Å². The van der Waals surface area contributed by atoms with Crippen LogP contribution in [0.15, 0.2) is 53.4 Å². The maximum Gasteiger partial charge on any atom is 0.417 e. The molecule has 0 amide bonds. The summed E-state index contributed by atoms with van der Waals surface area (Å²) in [5, 5.41) is 0. The van der Waals surface area contributed by atoms with Crippen LogP contribution in [0.2, 0.25) is 0 Å². The highest BCUT2D eigenvalue weighted by atomic mass is 32.1. The van der Waals surface area contributed by atoms with E-state index in [2.05, 4.69) is 12.6 Å². The highest BCUT2D eigenvalue weighted by Gasteiger charge is 2.33. The van der Waals surface area contributed by atoms with Crippen molar-refractivity contribution in [2.24, 2.45) is 0 Å². The molecular weight excluding hydrogens is 245 g/mol. The van der Waals surface area contributed by atoms with Crippen LogP contribution in [0.5, 0.6) is 0 Å². The number of benzene rings is 2. The predicted molar refractivity (Wildman–Crippen MR) is 64.1 cm³/mol. The van der Waals surface area contributed by atoms with Crippen molar-refractivity contribution >= 4 is 12.6 Å². The van der Waals surface area contributed by atoms with Gasteiger partial charge in [-0.05, 0) is 29.3 Å². The first-order valence-corrected chi connectivity index (χ1v) is 5.39. The van der Waals surface area contributed by atoms with Crippen molar-refractivity contribution in [1.29, 1.82) is 0 Å². The summed E-state index contributed by atoms with van der Waals surface area (Å²) >= 11 is 4.13. The smallest absolute Gasteiger partial charge is 0.166 e. The van der Waals surface area contributed by atoms with Crippen LogP contribution in [0.3, 0.4) is 0 Å². The molecule has 2 aromatic carbocycles. The molecule has 2 rings (SSSR count). The molecule has 0 N–H and O–H groups in total. The Balaban J connectivity index is 2.60. The van der Waals surface area contributed by atoms with Gasteiger partial charge in [-0.15, -0.1) is 12.6 Å². The first kappa shape index (κ1) is 12.0. The third-order valence-electron chi connectivity index (χ3n) is 2.39. The lowest BCUT2D eigenvalue weighted by Gasteiger charge is -2.12. The third kappa shape index (κ3) is 2.64. The zero-order valence-corrected chi connectivity index (χ0v) is 9.59. The number of halogens is 3. The summed E-state index contributed by atoms with van der Waals surface area (Å²) in [7, 11) is 0. The fourth-order valence-corrected chi connectivity index (χ4v) is 1.88. The van der Waals surface area contributed by atoms with E-state index in [-0.39, 0.29) is 5.56 Å². The Kier molecular flexibility index (Phi) is 3.15. The van der Waals surface area contributed by atoms with E-state index in [0.29, 0.717) is 10.5 Å². The zero-order valence-electron chi connectivity index (χ0n) is 8.70. The summed E-state index contributed by atoms with van der Waals surface area (Å²) in [6, 6.07) is 12.2. The van der Waals surface area contributed by atoms with Crippen LogP contribution >= 0.6 is 12.6 Å². The predicted octanol–water partition coefficient (Wildman–Crippen LogP) is 4.66. The lowest BCUT2D eigenvalue weighted by Crippen LogP contribution is -2.06. The zero-order chi connectivity index (χ0) is 12.5. The van der Waals surface area contributed by atoms with E-state index >= 15 is 0 Å². The standard InChI is InChI=1S/C13H9F3S/c14-13(15,16)12-7-2-1-6-11(12)9-4-3-5-10(17)8-9/h1-8,17H. The molecule has 0 spiro atoms. The van der Waals surface area contributed by atoms with Crippen LogP contribution < -0.4 is 0 Å². The SMILES string of the molecule is FC(F)(F)c1ccccc1-c1cccc(S)c1. The fourth-order valence-electron chi connectivity index (χ4n) is 1.66. The van der Waals surface area contributed by atoms with Crippen LogP contribution in [0.1, 0.15) is 5.56 Å². The summed E-state index contributed by atoms with van der Waals surface area (Å²) in [5.41, 5.74) is 0.0697. The maximum atomic E-state index is 12.8. The molecule has 0 aliphatic carbocycles. The molecule has 0 saturated carbocycles. The van der Waals surface area contributed by atoms with E-state index < -0.39 is 11.7 Å². The van der Waals surface area contributed by atoms with Crippen molar-refractivity contribution in [2.45, 2.75) is 11.1 Å². The van der Waals surface area contributed by atoms with E-state index in [1.807, 2.05) is 0 Å². The minimum absolute atomic E-state index is 0.177. The van der Waals surface area contributed by atoms with E-state index in [4.69, 9.17) is 0 Å². The first-order chi connectivity index (χ1) is 7.98. The molecule has 0 radical (unpaired) electrons. The van der Waals surface area contributed by atoms with Crippen LogP contribution in [0.25, 0.3) is 11.1 Å². The Hall–Kier alpha value is -1.42. The van der Waals surface area contributed by atoms with Gasteiger partial charge in [0.25, 0.3) is 0 Å². The van der Waals surface area contributed by atoms with Crippen LogP contribution in [-0.2, 0) is 6.18 Å². The van der Waals surface area contributed by atoms with Crippen molar-refractivity contribution in [3.8, 4) is 11.1 Å². The van der Waals surface area contributed by atoms with Gasteiger partial charge in [0.2, 0.25) is 0 Å². The average molecular weight is 254 g/mol. The molecular formula is C13H9F3S. The largest absolute Gasteiger partial charge is 0.417 e. The fraction of sp³-hybridized carbons (Fsp3) is 0.0769. The summed E-state index contributed by atoms with van der Waals surface area (Å²) in [6.45, 7) is 0. The average Bonchev–Trinajstić information content (AvgIpc) is 2.28. The Morgan fingerprint density at radius 1 is 0.882 bits per heavy atom. The molecule has 0 fully saturated rings. The molecule has 2 aromatic rings. The van der Waals surface area contributed by atoms with Gasteiger partial charge in [0.15, 0.2) is 0 Å². The van der Waals surface area contributed by atoms with Gasteiger partial charge in [0.1, 0.15) is 0 Å². The third-order valence-corrected chi connectivity index (χ3v) is 2.67. The topological polar surface area (TPSA) is 0 Å². The van der Waals surface area contributed by atoms with E-state index in [1.54, 1.807) is 30.3 Å². The molecule has 0 saturated heterocycles. The molecule has 0 aromatic heterocycles. The Morgan fingerprint density at radius 3 is 2.24 bits per heavy atom. The van der Waals surface area contributed by atoms with Crippen molar-refractivity contribution < 1.29 is 13.2 Å². The van der Waals surface area contributed by atoms with Gasteiger partial charge >= 0.3 is 6.18 Å². The summed E-state index contributed by atoms with van der Waals surface area (Å²) in [5.74, 6) is 0. The number of thiol groups is 1. The molecule has 0 bridgehead atoms. The van der Waals surface area contributed by atoms with Crippen LogP contribution in [-0.4, -0.2) is 0 Å². The van der Waals surface area contributed by atoms with Gasteiger partial charge in [0.05, 0.1) is 5.56 Å². The lowest BCUT2D eigenvalue weighted by molar-refractivity contribution is -0.137. The molecule has 0 unspecified atom stereocenters. The summed E-state index contributed by atoms with van der Waals surface area (Å²) in [4.78, 5) is 0.638. The molecule has 17 heavy (non-hydrogen) atoms. The monoisotopic (exact) mass is 254 g/mol. The molecule has 0 heterocycles. The highest BCUT2D eigenvalue weighted by molar-refractivity contribution is 7.80. The normalized spacial score (nSPS) is 11.5. The summed E-state index contributed by atoms with van der Waals surface area (Å²) in [6.07, 6.45) is -4.34. The number of hydrogen-bond donors (Lipinski definition) is 1.